The summed E-state index contributed by atoms with van der Waals surface area (Å²) in [6, 6.07) is -0.936. The van der Waals surface area contributed by atoms with Crippen molar-refractivity contribution in [1.29, 1.82) is 0 Å². The van der Waals surface area contributed by atoms with E-state index in [1.807, 2.05) is 44.4 Å². The highest BCUT2D eigenvalue weighted by Gasteiger charge is 2.34. The normalized spacial score (nSPS) is 15.6. The summed E-state index contributed by atoms with van der Waals surface area (Å²) in [6.45, 7) is 7.78. The number of fused-ring (bicyclic) bond motifs is 1. The van der Waals surface area contributed by atoms with Gasteiger partial charge in [-0.05, 0) is 74.5 Å². The molecule has 0 spiro atoms. The second kappa shape index (κ2) is 29.7. The fourth-order valence-electron chi connectivity index (χ4n) is 8.52. The summed E-state index contributed by atoms with van der Waals surface area (Å²) in [5.41, 5.74) is 12.9. The average molecular weight is 1050 g/mol. The van der Waals surface area contributed by atoms with Gasteiger partial charge in [-0.3, -0.25) is 47.9 Å². The molecule has 24 heteroatoms. The maximum atomic E-state index is 14.1. The van der Waals surface area contributed by atoms with E-state index < -0.39 is 108 Å². The summed E-state index contributed by atoms with van der Waals surface area (Å²) >= 11 is 1.47. The number of aromatic nitrogens is 3. The van der Waals surface area contributed by atoms with Gasteiger partial charge in [-0.1, -0.05) is 65.2 Å². The highest BCUT2D eigenvalue weighted by molar-refractivity contribution is 7.98. The molecule has 74 heavy (non-hydrogen) atoms. The first-order valence-electron chi connectivity index (χ1n) is 25.1. The van der Waals surface area contributed by atoms with Crippen LogP contribution in [0.2, 0.25) is 0 Å². The standard InChI is InChI=1S/C50H75N13O10S/c1-27(2)20-37(48(71)59-35(43(52)66)18-19-74-6)61-49(72)39(22-32-24-53-26-56-32)58-41(65)25-55-50(73)42(28(3)4)63-44(67)29(5)57-47(70)38(21-31-23-54-34-15-11-10-14-33(31)34)62-46(69)36(16-17-40(51)64)60-45(68)30-12-8-7-9-13-30/h10-11,14-15,23-24,26-30,35-39,42,54H,7-9,12-13,16-22,25H2,1-6H3,(H2,51,64)(H2,52,66)(H,53,56)(H,55,73)(H,57,70)(H,58,65)(H,59,71)(H,60,68)(H,61,72)(H,62,69)(H,63,67)/t29-,35-,36-,37-,38-,39-,42-/m0/s1. The molecular formula is C50H75N13O10S. The van der Waals surface area contributed by atoms with Crippen molar-refractivity contribution in [2.75, 3.05) is 18.6 Å². The Kier molecular flexibility index (Phi) is 23.9. The zero-order valence-electron chi connectivity index (χ0n) is 43.1. The molecule has 2 aromatic heterocycles. The van der Waals surface area contributed by atoms with Crippen molar-refractivity contribution < 1.29 is 47.9 Å². The van der Waals surface area contributed by atoms with Gasteiger partial charge in [-0.25, -0.2) is 4.98 Å². The lowest BCUT2D eigenvalue weighted by molar-refractivity contribution is -0.135. The Bertz CT molecular complexity index is 2410. The maximum absolute atomic E-state index is 14.1. The monoisotopic (exact) mass is 1050 g/mol. The second-order valence-electron chi connectivity index (χ2n) is 19.5. The van der Waals surface area contributed by atoms with Crippen LogP contribution in [0.4, 0.5) is 0 Å². The molecule has 4 rings (SSSR count). The van der Waals surface area contributed by atoms with Crippen molar-refractivity contribution in [2.24, 2.45) is 29.2 Å². The first-order valence-corrected chi connectivity index (χ1v) is 26.5. The number of thioether (sulfide) groups is 1. The topological polar surface area (TPSA) is 363 Å². The number of carbonyl (C=O) groups is 10. The molecule has 10 amide bonds. The summed E-state index contributed by atoms with van der Waals surface area (Å²) in [5, 5.41) is 22.0. The molecule has 1 aromatic carbocycles. The summed E-state index contributed by atoms with van der Waals surface area (Å²) in [5.74, 6) is -7.20. The van der Waals surface area contributed by atoms with E-state index in [2.05, 4.69) is 57.5 Å². The number of hydrogen-bond donors (Lipinski definition) is 12. The number of imidazole rings is 1. The van der Waals surface area contributed by atoms with E-state index in [4.69, 9.17) is 11.5 Å². The van der Waals surface area contributed by atoms with Crippen molar-refractivity contribution in [3.05, 3.63) is 54.2 Å². The molecule has 2 heterocycles. The number of amides is 10. The number of nitrogens with zero attached hydrogens (tertiary/aromatic N) is 1. The fourth-order valence-corrected chi connectivity index (χ4v) is 8.99. The lowest BCUT2D eigenvalue weighted by atomic mass is 9.88. The largest absolute Gasteiger partial charge is 0.370 e. The molecule has 0 radical (unpaired) electrons. The van der Waals surface area contributed by atoms with Gasteiger partial charge < -0.3 is 64.0 Å². The van der Waals surface area contributed by atoms with Gasteiger partial charge in [0.2, 0.25) is 59.1 Å². The number of aromatic amines is 2. The van der Waals surface area contributed by atoms with Gasteiger partial charge in [0.25, 0.3) is 0 Å². The Morgan fingerprint density at radius 3 is 1.96 bits per heavy atom. The van der Waals surface area contributed by atoms with E-state index in [1.54, 1.807) is 20.0 Å². The van der Waals surface area contributed by atoms with Crippen LogP contribution >= 0.6 is 11.8 Å². The number of benzene rings is 1. The van der Waals surface area contributed by atoms with Crippen molar-refractivity contribution in [3.63, 3.8) is 0 Å². The summed E-state index contributed by atoms with van der Waals surface area (Å²) in [7, 11) is 0. The highest BCUT2D eigenvalue weighted by atomic mass is 32.2. The fraction of sp³-hybridized carbons (Fsp3) is 0.580. The molecule has 3 aromatic rings. The third-order valence-corrected chi connectivity index (χ3v) is 13.3. The summed E-state index contributed by atoms with van der Waals surface area (Å²) < 4.78 is 0. The van der Waals surface area contributed by atoms with Gasteiger partial charge in [0.1, 0.15) is 42.3 Å². The third kappa shape index (κ3) is 19.1. The first kappa shape index (κ1) is 59.6. The number of primary amides is 2. The van der Waals surface area contributed by atoms with Crippen LogP contribution in [-0.4, -0.2) is 135 Å². The van der Waals surface area contributed by atoms with Gasteiger partial charge in [-0.2, -0.15) is 11.8 Å². The second-order valence-corrected chi connectivity index (χ2v) is 20.5. The first-order chi connectivity index (χ1) is 35.2. The molecule has 0 bridgehead atoms. The van der Waals surface area contributed by atoms with Crippen molar-refractivity contribution in [3.8, 4) is 0 Å². The number of rotatable bonds is 30. The SMILES string of the molecule is CSCC[C@H](NC(=O)[C@H](CC(C)C)NC(=O)[C@H](Cc1cnc[nH]1)NC(=O)CNC(=O)[C@@H](NC(=O)[C@H](C)NC(=O)[C@H](Cc1c[nH]c2ccccc12)NC(=O)[C@H](CCC(N)=O)NC(=O)C1CCCCC1)C(C)C)C(N)=O. The predicted molar refractivity (Wildman–Crippen MR) is 278 cm³/mol. The van der Waals surface area contributed by atoms with Crippen LogP contribution in [0.25, 0.3) is 10.9 Å². The molecule has 1 aliphatic rings. The van der Waals surface area contributed by atoms with Gasteiger partial charge in [0.15, 0.2) is 0 Å². The molecule has 1 saturated carbocycles. The number of nitrogens with two attached hydrogens (primary N) is 2. The molecule has 0 aliphatic heterocycles. The van der Waals surface area contributed by atoms with Crippen LogP contribution in [0.1, 0.15) is 104 Å². The zero-order valence-corrected chi connectivity index (χ0v) is 43.9. The molecule has 7 atom stereocenters. The molecule has 14 N–H and O–H groups in total. The van der Waals surface area contributed by atoms with Crippen LogP contribution in [0.3, 0.4) is 0 Å². The molecule has 0 unspecified atom stereocenters. The van der Waals surface area contributed by atoms with Gasteiger partial charge >= 0.3 is 0 Å². The smallest absolute Gasteiger partial charge is 0.243 e. The molecular weight excluding hydrogens is 975 g/mol. The van der Waals surface area contributed by atoms with Crippen LogP contribution in [-0.2, 0) is 60.8 Å². The average Bonchev–Trinajstić information content (AvgIpc) is 4.04. The minimum atomic E-state index is -1.29. The van der Waals surface area contributed by atoms with E-state index in [0.29, 0.717) is 29.9 Å². The third-order valence-electron chi connectivity index (χ3n) is 12.7. The van der Waals surface area contributed by atoms with Crippen LogP contribution in [0, 0.1) is 17.8 Å². The Hall–Kier alpha value is -6.98. The number of carbonyl (C=O) groups excluding carboxylic acids is 10. The van der Waals surface area contributed by atoms with Crippen LogP contribution in [0.15, 0.2) is 43.0 Å². The van der Waals surface area contributed by atoms with E-state index in [-0.39, 0.29) is 56.3 Å². The van der Waals surface area contributed by atoms with Gasteiger partial charge in [-0.15, -0.1) is 0 Å². The van der Waals surface area contributed by atoms with Gasteiger partial charge in [0, 0.05) is 54.2 Å². The Balaban J connectivity index is 1.43. The molecule has 1 aliphatic carbocycles. The quantitative estimate of drug-likeness (QED) is 0.0420. The molecule has 0 saturated heterocycles. The maximum Gasteiger partial charge on any atom is 0.243 e. The van der Waals surface area contributed by atoms with Crippen molar-refractivity contribution >= 4 is 81.7 Å². The van der Waals surface area contributed by atoms with Crippen LogP contribution < -0.4 is 54.0 Å². The summed E-state index contributed by atoms with van der Waals surface area (Å²) in [4.78, 5) is 143. The highest BCUT2D eigenvalue weighted by Crippen LogP contribution is 2.24. The van der Waals surface area contributed by atoms with E-state index in [9.17, 15) is 47.9 Å². The van der Waals surface area contributed by atoms with Crippen molar-refractivity contribution in [1.82, 2.24) is 57.5 Å². The van der Waals surface area contributed by atoms with E-state index in [0.717, 1.165) is 30.2 Å². The minimum absolute atomic E-state index is 0.0394. The number of hydrogen-bond acceptors (Lipinski definition) is 12. The van der Waals surface area contributed by atoms with E-state index >= 15 is 0 Å². The lowest BCUT2D eigenvalue weighted by Gasteiger charge is -2.27. The van der Waals surface area contributed by atoms with Crippen LogP contribution in [0.5, 0.6) is 0 Å². The van der Waals surface area contributed by atoms with Crippen molar-refractivity contribution in [2.45, 2.75) is 148 Å². The Morgan fingerprint density at radius 2 is 1.32 bits per heavy atom. The molecule has 406 valence electrons. The number of para-hydroxylation sites is 1. The van der Waals surface area contributed by atoms with E-state index in [1.165, 1.54) is 31.2 Å². The zero-order chi connectivity index (χ0) is 54.5. The molecule has 23 nitrogen and oxygen atoms in total. The Morgan fingerprint density at radius 1 is 0.689 bits per heavy atom. The van der Waals surface area contributed by atoms with Gasteiger partial charge in [0.05, 0.1) is 12.9 Å². The number of H-pyrrole nitrogens is 2. The predicted octanol–water partition coefficient (Wildman–Crippen LogP) is -0.00780. The summed E-state index contributed by atoms with van der Waals surface area (Å²) in [6.07, 6.45) is 10.5. The Labute approximate surface area is 435 Å². The minimum Gasteiger partial charge on any atom is -0.370 e. The molecule has 1 fully saturated rings. The number of nitrogens with one attached hydrogen (secondary N) is 10. The lowest BCUT2D eigenvalue weighted by Crippen LogP contribution is -2.59.